The number of rotatable bonds is 4. The van der Waals surface area contributed by atoms with Gasteiger partial charge in [0.15, 0.2) is 11.1 Å². The number of aromatic amines is 1. The molecule has 2 N–H and O–H groups in total. The molecule has 2 aromatic carbocycles. The minimum absolute atomic E-state index is 0.0841. The van der Waals surface area contributed by atoms with Crippen molar-refractivity contribution in [3.63, 3.8) is 0 Å². The highest BCUT2D eigenvalue weighted by Crippen LogP contribution is 2.41. The molecule has 1 unspecified atom stereocenters. The Morgan fingerprint density at radius 1 is 1.12 bits per heavy atom. The maximum absolute atomic E-state index is 13.4. The molecule has 0 saturated heterocycles. The van der Waals surface area contributed by atoms with E-state index in [0.717, 1.165) is 0 Å². The molecule has 0 amide bonds. The predicted molar refractivity (Wildman–Crippen MR) is 90.1 cm³/mol. The molecule has 1 aromatic heterocycles. The van der Waals surface area contributed by atoms with Gasteiger partial charge in [0.25, 0.3) is 0 Å². The molecule has 1 atom stereocenters. The van der Waals surface area contributed by atoms with Crippen molar-refractivity contribution in [2.45, 2.75) is 11.1 Å². The number of ether oxygens (including phenoxy) is 1. The lowest BCUT2D eigenvalue weighted by atomic mass is 9.98. The highest BCUT2D eigenvalue weighted by molar-refractivity contribution is 7.79. The zero-order chi connectivity index (χ0) is 18.9. The Morgan fingerprint density at radius 2 is 1.81 bits per heavy atom. The van der Waals surface area contributed by atoms with Crippen molar-refractivity contribution >= 4 is 11.1 Å². The summed E-state index contributed by atoms with van der Waals surface area (Å²) in [6, 6.07) is 11.9. The van der Waals surface area contributed by atoms with Gasteiger partial charge < -0.3 is 9.29 Å². The summed E-state index contributed by atoms with van der Waals surface area (Å²) in [7, 11) is 1.42. The molecule has 3 aromatic rings. The third kappa shape index (κ3) is 3.49. The van der Waals surface area contributed by atoms with Crippen molar-refractivity contribution in [1.82, 2.24) is 10.2 Å². The van der Waals surface area contributed by atoms with Crippen molar-refractivity contribution < 1.29 is 26.7 Å². The average Bonchev–Trinajstić information content (AvgIpc) is 3.07. The molecule has 26 heavy (non-hydrogen) atoms. The lowest BCUT2D eigenvalue weighted by Crippen LogP contribution is -2.07. The average molecular weight is 382 g/mol. The maximum atomic E-state index is 13.4. The van der Waals surface area contributed by atoms with E-state index in [9.17, 15) is 17.4 Å². The number of benzene rings is 2. The van der Waals surface area contributed by atoms with E-state index in [4.69, 9.17) is 9.29 Å². The molecule has 5 nitrogen and oxygen atoms in total. The molecule has 9 heteroatoms. The molecule has 136 valence electrons. The Hall–Kier alpha value is -2.65. The first kappa shape index (κ1) is 18.2. The van der Waals surface area contributed by atoms with E-state index in [0.29, 0.717) is 11.3 Å². The number of halogens is 3. The fraction of sp³-hybridized carbons (Fsp3) is 0.118. The molecule has 3 rings (SSSR count). The van der Waals surface area contributed by atoms with Gasteiger partial charge in [-0.15, -0.1) is 0 Å². The summed E-state index contributed by atoms with van der Waals surface area (Å²) in [5.74, 6) is 0.411. The molecule has 0 saturated carbocycles. The van der Waals surface area contributed by atoms with Gasteiger partial charge in [0.1, 0.15) is 17.1 Å². The molecule has 0 aliphatic carbocycles. The van der Waals surface area contributed by atoms with E-state index in [2.05, 4.69) is 10.2 Å². The molecular formula is C17H13F3N2O3S. The molecule has 0 bridgehead atoms. The van der Waals surface area contributed by atoms with Gasteiger partial charge in [-0.2, -0.15) is 18.3 Å². The number of H-pyrrole nitrogens is 1. The zero-order valence-corrected chi connectivity index (χ0v) is 14.2. The molecule has 0 radical (unpaired) electrons. The van der Waals surface area contributed by atoms with Crippen LogP contribution in [0.25, 0.3) is 22.4 Å². The van der Waals surface area contributed by atoms with E-state index in [1.165, 1.54) is 43.5 Å². The standard InChI is InChI=1S/C17H13F3N2O3S/c1-25-12-4-2-3-11(9-12)14-15(21-22-16(14)17(18,19)20)10-5-7-13(8-6-10)26(23)24/h2-9H,1H3,(H,21,22)(H,23,24). The van der Waals surface area contributed by atoms with Crippen molar-refractivity contribution in [3.8, 4) is 28.1 Å². The van der Waals surface area contributed by atoms with Crippen LogP contribution in [0, 0.1) is 0 Å². The number of nitrogens with zero attached hydrogens (tertiary/aromatic N) is 1. The van der Waals surface area contributed by atoms with Gasteiger partial charge in [-0.1, -0.05) is 24.3 Å². The third-order valence-electron chi connectivity index (χ3n) is 3.74. The molecular weight excluding hydrogens is 369 g/mol. The molecule has 0 fully saturated rings. The first-order valence-electron chi connectivity index (χ1n) is 7.32. The summed E-state index contributed by atoms with van der Waals surface area (Å²) in [5.41, 5.74) is -0.343. The largest absolute Gasteiger partial charge is 0.497 e. The van der Waals surface area contributed by atoms with Crippen molar-refractivity contribution in [2.75, 3.05) is 7.11 Å². The van der Waals surface area contributed by atoms with Gasteiger partial charge in [0, 0.05) is 11.1 Å². The molecule has 0 spiro atoms. The lowest BCUT2D eigenvalue weighted by molar-refractivity contribution is -0.140. The maximum Gasteiger partial charge on any atom is 0.433 e. The fourth-order valence-electron chi connectivity index (χ4n) is 2.54. The van der Waals surface area contributed by atoms with Gasteiger partial charge in [-0.25, -0.2) is 4.21 Å². The Morgan fingerprint density at radius 3 is 2.38 bits per heavy atom. The van der Waals surface area contributed by atoms with Gasteiger partial charge >= 0.3 is 6.18 Å². The van der Waals surface area contributed by atoms with Crippen LogP contribution in [-0.2, 0) is 17.3 Å². The minimum atomic E-state index is -4.63. The SMILES string of the molecule is COc1cccc(-c2c(-c3ccc(S(=O)O)cc3)n[nH]c2C(F)(F)F)c1. The van der Waals surface area contributed by atoms with Gasteiger partial charge in [-0.3, -0.25) is 5.10 Å². The number of hydrogen-bond donors (Lipinski definition) is 2. The third-order valence-corrected chi connectivity index (χ3v) is 4.41. The van der Waals surface area contributed by atoms with Crippen molar-refractivity contribution in [3.05, 3.63) is 54.2 Å². The van der Waals surface area contributed by atoms with Crippen molar-refractivity contribution in [2.24, 2.45) is 0 Å². The number of nitrogens with one attached hydrogen (secondary N) is 1. The van der Waals surface area contributed by atoms with Gasteiger partial charge in [0.05, 0.1) is 12.0 Å². The van der Waals surface area contributed by atoms with E-state index < -0.39 is 23.0 Å². The van der Waals surface area contributed by atoms with Gasteiger partial charge in [-0.05, 0) is 29.8 Å². The van der Waals surface area contributed by atoms with E-state index in [1.54, 1.807) is 12.1 Å². The molecule has 0 aliphatic rings. The first-order chi connectivity index (χ1) is 12.3. The molecule has 1 heterocycles. The summed E-state index contributed by atoms with van der Waals surface area (Å²) in [6.45, 7) is 0. The quantitative estimate of drug-likeness (QED) is 0.658. The fourth-order valence-corrected chi connectivity index (χ4v) is 2.91. The summed E-state index contributed by atoms with van der Waals surface area (Å²) >= 11 is -2.17. The second-order valence-electron chi connectivity index (χ2n) is 5.33. The van der Waals surface area contributed by atoms with Crippen LogP contribution in [0.4, 0.5) is 13.2 Å². The first-order valence-corrected chi connectivity index (χ1v) is 8.43. The summed E-state index contributed by atoms with van der Waals surface area (Å²) in [4.78, 5) is 0.142. The van der Waals surface area contributed by atoms with Crippen LogP contribution in [0.2, 0.25) is 0 Å². The van der Waals surface area contributed by atoms with Crippen LogP contribution in [-0.4, -0.2) is 26.1 Å². The topological polar surface area (TPSA) is 75.2 Å². The van der Waals surface area contributed by atoms with E-state index in [1.807, 2.05) is 0 Å². The number of aromatic nitrogens is 2. The monoisotopic (exact) mass is 382 g/mol. The Balaban J connectivity index is 2.20. The Labute approximate surface area is 149 Å². The molecule has 0 aliphatic heterocycles. The van der Waals surface area contributed by atoms with E-state index >= 15 is 0 Å². The second-order valence-corrected chi connectivity index (χ2v) is 6.30. The Bertz CT molecular complexity index is 953. The van der Waals surface area contributed by atoms with Crippen LogP contribution in [0.15, 0.2) is 53.4 Å². The minimum Gasteiger partial charge on any atom is -0.497 e. The Kier molecular flexibility index (Phi) is 4.84. The number of methoxy groups -OCH3 is 1. The van der Waals surface area contributed by atoms with Crippen LogP contribution >= 0.6 is 0 Å². The van der Waals surface area contributed by atoms with Crippen LogP contribution in [0.5, 0.6) is 5.75 Å². The smallest absolute Gasteiger partial charge is 0.433 e. The highest BCUT2D eigenvalue weighted by Gasteiger charge is 2.38. The summed E-state index contributed by atoms with van der Waals surface area (Å²) < 4.78 is 65.6. The highest BCUT2D eigenvalue weighted by atomic mass is 32.2. The van der Waals surface area contributed by atoms with Crippen LogP contribution in [0.3, 0.4) is 0 Å². The van der Waals surface area contributed by atoms with Gasteiger partial charge in [0.2, 0.25) is 0 Å². The summed E-state index contributed by atoms with van der Waals surface area (Å²) in [6.07, 6.45) is -4.63. The van der Waals surface area contributed by atoms with E-state index in [-0.39, 0.29) is 21.7 Å². The number of hydrogen-bond acceptors (Lipinski definition) is 3. The lowest BCUT2D eigenvalue weighted by Gasteiger charge is -2.10. The van der Waals surface area contributed by atoms with Crippen LogP contribution < -0.4 is 4.74 Å². The summed E-state index contributed by atoms with van der Waals surface area (Å²) in [5, 5.41) is 5.90. The number of alkyl halides is 3. The zero-order valence-electron chi connectivity index (χ0n) is 13.4. The predicted octanol–water partition coefficient (Wildman–Crippen LogP) is 4.35. The van der Waals surface area contributed by atoms with Crippen LogP contribution in [0.1, 0.15) is 5.69 Å². The van der Waals surface area contributed by atoms with Crippen molar-refractivity contribution in [1.29, 1.82) is 0 Å². The second kappa shape index (κ2) is 6.93. The normalized spacial score (nSPS) is 12.8.